The Morgan fingerprint density at radius 2 is 2.00 bits per heavy atom. The molecule has 0 aliphatic heterocycles. The molecule has 4 nitrogen and oxygen atoms in total. The lowest BCUT2D eigenvalue weighted by Crippen LogP contribution is -2.10. The Labute approximate surface area is 157 Å². The minimum atomic E-state index is -0.230. The van der Waals surface area contributed by atoms with Crippen LogP contribution in [-0.4, -0.2) is 32.1 Å². The van der Waals surface area contributed by atoms with Crippen molar-refractivity contribution in [2.75, 3.05) is 26.2 Å². The van der Waals surface area contributed by atoms with Gasteiger partial charge in [-0.25, -0.2) is 0 Å². The highest BCUT2D eigenvalue weighted by atomic mass is 79.9. The van der Waals surface area contributed by atoms with Gasteiger partial charge in [0.2, 0.25) is 0 Å². The van der Waals surface area contributed by atoms with E-state index in [0.29, 0.717) is 29.5 Å². The Bertz CT molecular complexity index is 522. The number of hydrogen-bond acceptors (Lipinski definition) is 4. The lowest BCUT2D eigenvalue weighted by molar-refractivity contribution is -0.141. The Hall–Kier alpha value is -0.940. The van der Waals surface area contributed by atoms with Crippen LogP contribution in [0.2, 0.25) is 5.02 Å². The van der Waals surface area contributed by atoms with Crippen LogP contribution >= 0.6 is 27.5 Å². The van der Waals surface area contributed by atoms with Crippen LogP contribution in [-0.2, 0) is 9.53 Å². The highest BCUT2D eigenvalue weighted by molar-refractivity contribution is 9.09. The van der Waals surface area contributed by atoms with Gasteiger partial charge in [0.1, 0.15) is 11.5 Å². The van der Waals surface area contributed by atoms with E-state index in [2.05, 4.69) is 22.9 Å². The lowest BCUT2D eigenvalue weighted by Gasteiger charge is -2.20. The second kappa shape index (κ2) is 11.6. The summed E-state index contributed by atoms with van der Waals surface area (Å²) in [6, 6.07) is 3.66. The number of benzene rings is 1. The highest BCUT2D eigenvalue weighted by Gasteiger charge is 2.22. The first-order chi connectivity index (χ1) is 11.6. The Kier molecular flexibility index (Phi) is 10.2. The fraction of sp³-hybridized carbons (Fsp3) is 0.611. The van der Waals surface area contributed by atoms with Gasteiger partial charge in [0, 0.05) is 11.4 Å². The summed E-state index contributed by atoms with van der Waals surface area (Å²) in [4.78, 5) is 11.8. The quantitative estimate of drug-likeness (QED) is 0.274. The molecule has 0 radical (unpaired) electrons. The van der Waals surface area contributed by atoms with E-state index in [0.717, 1.165) is 36.6 Å². The molecular formula is C18H26BrClO4. The SMILES string of the molecule is CCCCC(CC(=O)OC)c1cc(Cl)c(OCCCBr)cc1OC. The van der Waals surface area contributed by atoms with Crippen molar-refractivity contribution in [2.24, 2.45) is 0 Å². The minimum Gasteiger partial charge on any atom is -0.496 e. The summed E-state index contributed by atoms with van der Waals surface area (Å²) in [6.07, 6.45) is 4.16. The lowest BCUT2D eigenvalue weighted by atomic mass is 9.90. The maximum absolute atomic E-state index is 11.8. The van der Waals surface area contributed by atoms with Gasteiger partial charge >= 0.3 is 5.97 Å². The zero-order chi connectivity index (χ0) is 17.9. The van der Waals surface area contributed by atoms with Gasteiger partial charge in [-0.15, -0.1) is 0 Å². The second-order valence-electron chi connectivity index (χ2n) is 5.53. The first-order valence-corrected chi connectivity index (χ1v) is 9.70. The highest BCUT2D eigenvalue weighted by Crippen LogP contribution is 2.39. The van der Waals surface area contributed by atoms with Crippen molar-refractivity contribution in [1.29, 1.82) is 0 Å². The molecule has 1 aromatic rings. The van der Waals surface area contributed by atoms with Crippen molar-refractivity contribution in [3.8, 4) is 11.5 Å². The summed E-state index contributed by atoms with van der Waals surface area (Å²) >= 11 is 9.75. The average molecular weight is 422 g/mol. The number of unbranched alkanes of at least 4 members (excludes halogenated alkanes) is 1. The van der Waals surface area contributed by atoms with E-state index in [1.165, 1.54) is 7.11 Å². The number of hydrogen-bond donors (Lipinski definition) is 0. The smallest absolute Gasteiger partial charge is 0.306 e. The van der Waals surface area contributed by atoms with E-state index < -0.39 is 0 Å². The molecule has 0 bridgehead atoms. The zero-order valence-electron chi connectivity index (χ0n) is 14.6. The molecule has 1 unspecified atom stereocenters. The monoisotopic (exact) mass is 420 g/mol. The third kappa shape index (κ3) is 6.52. The molecule has 0 amide bonds. The molecule has 0 heterocycles. The van der Waals surface area contributed by atoms with Gasteiger partial charge in [0.15, 0.2) is 0 Å². The van der Waals surface area contributed by atoms with Gasteiger partial charge in [0.25, 0.3) is 0 Å². The summed E-state index contributed by atoms with van der Waals surface area (Å²) in [6.45, 7) is 2.70. The third-order valence-corrected chi connectivity index (χ3v) is 4.66. The Balaban J connectivity index is 3.07. The molecule has 0 saturated heterocycles. The number of esters is 1. The van der Waals surface area contributed by atoms with Crippen molar-refractivity contribution in [2.45, 2.75) is 44.9 Å². The van der Waals surface area contributed by atoms with E-state index in [1.54, 1.807) is 7.11 Å². The van der Waals surface area contributed by atoms with Crippen molar-refractivity contribution in [3.05, 3.63) is 22.7 Å². The van der Waals surface area contributed by atoms with E-state index in [-0.39, 0.29) is 11.9 Å². The van der Waals surface area contributed by atoms with Crippen LogP contribution in [0.3, 0.4) is 0 Å². The van der Waals surface area contributed by atoms with E-state index in [9.17, 15) is 4.79 Å². The number of rotatable bonds is 11. The van der Waals surface area contributed by atoms with Crippen LogP contribution in [0.15, 0.2) is 12.1 Å². The van der Waals surface area contributed by atoms with Gasteiger partial charge in [-0.3, -0.25) is 4.79 Å². The molecule has 0 aliphatic carbocycles. The van der Waals surface area contributed by atoms with Gasteiger partial charge in [0.05, 0.1) is 32.3 Å². The van der Waals surface area contributed by atoms with E-state index in [4.69, 9.17) is 25.8 Å². The minimum absolute atomic E-state index is 0.0152. The molecule has 1 atom stereocenters. The van der Waals surface area contributed by atoms with Crippen LogP contribution in [0, 0.1) is 0 Å². The molecule has 0 spiro atoms. The van der Waals surface area contributed by atoms with Gasteiger partial charge in [-0.1, -0.05) is 47.3 Å². The molecular weight excluding hydrogens is 396 g/mol. The number of ether oxygens (including phenoxy) is 3. The number of halogens is 2. The first-order valence-electron chi connectivity index (χ1n) is 8.20. The maximum atomic E-state index is 11.8. The van der Waals surface area contributed by atoms with Crippen LogP contribution < -0.4 is 9.47 Å². The summed E-state index contributed by atoms with van der Waals surface area (Å²) < 4.78 is 16.1. The predicted molar refractivity (Wildman–Crippen MR) is 101 cm³/mol. The zero-order valence-corrected chi connectivity index (χ0v) is 16.9. The van der Waals surface area contributed by atoms with Crippen LogP contribution in [0.4, 0.5) is 0 Å². The summed E-state index contributed by atoms with van der Waals surface area (Å²) in [5.74, 6) is 1.08. The number of carbonyl (C=O) groups excluding carboxylic acids is 1. The summed E-state index contributed by atoms with van der Waals surface area (Å²) in [5.41, 5.74) is 0.925. The van der Waals surface area contributed by atoms with E-state index >= 15 is 0 Å². The molecule has 6 heteroatoms. The van der Waals surface area contributed by atoms with Crippen LogP contribution in [0.1, 0.15) is 50.5 Å². The van der Waals surface area contributed by atoms with Crippen LogP contribution in [0.25, 0.3) is 0 Å². The molecule has 0 saturated carbocycles. The number of alkyl halides is 1. The Morgan fingerprint density at radius 3 is 2.58 bits per heavy atom. The topological polar surface area (TPSA) is 44.8 Å². The molecule has 0 N–H and O–H groups in total. The first kappa shape index (κ1) is 21.1. The molecule has 1 rings (SSSR count). The largest absolute Gasteiger partial charge is 0.496 e. The molecule has 0 fully saturated rings. The second-order valence-corrected chi connectivity index (χ2v) is 6.74. The predicted octanol–water partition coefficient (Wildman–Crippen LogP) is 5.35. The van der Waals surface area contributed by atoms with Crippen LogP contribution in [0.5, 0.6) is 11.5 Å². The fourth-order valence-corrected chi connectivity index (χ4v) is 2.95. The summed E-state index contributed by atoms with van der Waals surface area (Å²) in [5, 5.41) is 1.41. The van der Waals surface area contributed by atoms with Crippen molar-refractivity contribution in [3.63, 3.8) is 0 Å². The van der Waals surface area contributed by atoms with Crippen molar-refractivity contribution >= 4 is 33.5 Å². The fourth-order valence-electron chi connectivity index (χ4n) is 2.50. The summed E-state index contributed by atoms with van der Waals surface area (Å²) in [7, 11) is 3.02. The average Bonchev–Trinajstić information content (AvgIpc) is 2.59. The van der Waals surface area contributed by atoms with Gasteiger partial charge in [-0.05, 0) is 30.4 Å². The Morgan fingerprint density at radius 1 is 1.25 bits per heavy atom. The standard InChI is InChI=1S/C18H26BrClO4/c1-4-5-7-13(10-18(21)23-3)14-11-15(20)17(12-16(14)22-2)24-9-6-8-19/h11-13H,4-10H2,1-3H3. The van der Waals surface area contributed by atoms with Gasteiger partial charge in [-0.2, -0.15) is 0 Å². The van der Waals surface area contributed by atoms with Gasteiger partial charge < -0.3 is 14.2 Å². The number of carbonyl (C=O) groups is 1. The molecule has 0 aromatic heterocycles. The maximum Gasteiger partial charge on any atom is 0.306 e. The normalized spacial score (nSPS) is 11.9. The molecule has 0 aliphatic rings. The molecule has 136 valence electrons. The van der Waals surface area contributed by atoms with Crippen molar-refractivity contribution in [1.82, 2.24) is 0 Å². The van der Waals surface area contributed by atoms with Crippen molar-refractivity contribution < 1.29 is 19.0 Å². The third-order valence-electron chi connectivity index (χ3n) is 3.81. The molecule has 1 aromatic carbocycles. The van der Waals surface area contributed by atoms with E-state index in [1.807, 2.05) is 12.1 Å². The number of methoxy groups -OCH3 is 2. The molecule has 24 heavy (non-hydrogen) atoms.